The molecule has 0 amide bonds. The maximum Gasteiger partial charge on any atom is 0.322 e. The molecule has 0 bridgehead atoms. The highest BCUT2D eigenvalue weighted by Crippen LogP contribution is 2.24. The Morgan fingerprint density at radius 2 is 2.19 bits per heavy atom. The highest BCUT2D eigenvalue weighted by Gasteiger charge is 2.17. The van der Waals surface area contributed by atoms with Crippen LogP contribution in [0.15, 0.2) is 28.7 Å². The summed E-state index contributed by atoms with van der Waals surface area (Å²) in [6, 6.07) is 7.15. The van der Waals surface area contributed by atoms with E-state index in [2.05, 4.69) is 21.2 Å². The van der Waals surface area contributed by atoms with Crippen LogP contribution in [0, 0.1) is 0 Å². The molecule has 1 atom stereocenters. The molecule has 0 radical (unpaired) electrons. The molecule has 5 heteroatoms. The normalized spacial score (nSPS) is 12.2. The molecule has 1 unspecified atom stereocenters. The second kappa shape index (κ2) is 5.86. The molecule has 0 spiro atoms. The summed E-state index contributed by atoms with van der Waals surface area (Å²) in [5.41, 5.74) is 0.976. The van der Waals surface area contributed by atoms with Crippen molar-refractivity contribution in [3.8, 4) is 0 Å². The van der Waals surface area contributed by atoms with E-state index in [1.807, 2.05) is 36.2 Å². The van der Waals surface area contributed by atoms with Crippen molar-refractivity contribution in [1.82, 2.24) is 5.32 Å². The van der Waals surface area contributed by atoms with Crippen molar-refractivity contribution in [2.24, 2.45) is 0 Å². The molecule has 0 aliphatic carbocycles. The molecule has 0 aliphatic heterocycles. The van der Waals surface area contributed by atoms with Gasteiger partial charge in [0.05, 0.1) is 5.69 Å². The molecule has 16 heavy (non-hydrogen) atoms. The van der Waals surface area contributed by atoms with Crippen LogP contribution in [0.2, 0.25) is 0 Å². The first-order chi connectivity index (χ1) is 7.56. The number of carboxylic acids is 1. The number of likely N-dealkylation sites (N-methyl/N-ethyl adjacent to an activating group) is 2. The second-order valence-corrected chi connectivity index (χ2v) is 4.37. The number of benzene rings is 1. The molecular weight excluding hydrogens is 272 g/mol. The van der Waals surface area contributed by atoms with Gasteiger partial charge in [-0.25, -0.2) is 0 Å². The lowest BCUT2D eigenvalue weighted by Crippen LogP contribution is -2.43. The van der Waals surface area contributed by atoms with Crippen LogP contribution in [0.3, 0.4) is 0 Å². The van der Waals surface area contributed by atoms with E-state index in [0.29, 0.717) is 6.54 Å². The Morgan fingerprint density at radius 3 is 2.69 bits per heavy atom. The van der Waals surface area contributed by atoms with E-state index in [0.717, 1.165) is 10.2 Å². The van der Waals surface area contributed by atoms with E-state index >= 15 is 0 Å². The number of nitrogens with one attached hydrogen (secondary N) is 1. The first kappa shape index (κ1) is 13.0. The highest BCUT2D eigenvalue weighted by molar-refractivity contribution is 9.10. The summed E-state index contributed by atoms with van der Waals surface area (Å²) in [5, 5.41) is 11.7. The summed E-state index contributed by atoms with van der Waals surface area (Å²) in [4.78, 5) is 12.8. The molecule has 0 aromatic heterocycles. The first-order valence-electron chi connectivity index (χ1n) is 4.92. The van der Waals surface area contributed by atoms with Crippen molar-refractivity contribution in [3.63, 3.8) is 0 Å². The monoisotopic (exact) mass is 286 g/mol. The predicted molar refractivity (Wildman–Crippen MR) is 67.9 cm³/mol. The second-order valence-electron chi connectivity index (χ2n) is 3.51. The van der Waals surface area contributed by atoms with Gasteiger partial charge in [-0.1, -0.05) is 12.1 Å². The van der Waals surface area contributed by atoms with Gasteiger partial charge < -0.3 is 15.3 Å². The molecule has 1 aromatic carbocycles. The molecule has 0 fully saturated rings. The third-order valence-electron chi connectivity index (χ3n) is 2.37. The van der Waals surface area contributed by atoms with E-state index < -0.39 is 12.0 Å². The topological polar surface area (TPSA) is 52.6 Å². The van der Waals surface area contributed by atoms with Crippen LogP contribution in [0.5, 0.6) is 0 Å². The third kappa shape index (κ3) is 3.21. The van der Waals surface area contributed by atoms with Gasteiger partial charge in [0.25, 0.3) is 0 Å². The van der Waals surface area contributed by atoms with E-state index in [4.69, 9.17) is 5.11 Å². The molecule has 0 heterocycles. The number of carboxylic acid groups (broad SMARTS) is 1. The Bertz CT molecular complexity index is 371. The van der Waals surface area contributed by atoms with Gasteiger partial charge in [0.1, 0.15) is 6.04 Å². The Labute approximate surface area is 103 Å². The van der Waals surface area contributed by atoms with E-state index in [-0.39, 0.29) is 0 Å². The molecule has 1 rings (SSSR count). The van der Waals surface area contributed by atoms with Gasteiger partial charge in [-0.15, -0.1) is 0 Å². The summed E-state index contributed by atoms with van der Waals surface area (Å²) in [6.45, 7) is 0.411. The summed E-state index contributed by atoms with van der Waals surface area (Å²) in [5.74, 6) is -0.846. The lowest BCUT2D eigenvalue weighted by molar-refractivity contribution is -0.139. The van der Waals surface area contributed by atoms with Crippen molar-refractivity contribution < 1.29 is 9.90 Å². The van der Waals surface area contributed by atoms with Gasteiger partial charge in [-0.2, -0.15) is 0 Å². The van der Waals surface area contributed by atoms with Crippen LogP contribution in [-0.2, 0) is 4.79 Å². The van der Waals surface area contributed by atoms with E-state index in [1.165, 1.54) is 0 Å². The first-order valence-corrected chi connectivity index (χ1v) is 5.71. The number of nitrogens with zero attached hydrogens (tertiary/aromatic N) is 1. The molecule has 0 saturated carbocycles. The van der Waals surface area contributed by atoms with Gasteiger partial charge >= 0.3 is 5.97 Å². The number of anilines is 1. The van der Waals surface area contributed by atoms with E-state index in [9.17, 15) is 4.79 Å². The maximum atomic E-state index is 10.9. The summed E-state index contributed by atoms with van der Waals surface area (Å²) >= 11 is 3.44. The summed E-state index contributed by atoms with van der Waals surface area (Å²) < 4.78 is 0.956. The number of carbonyl (C=O) groups is 1. The molecule has 88 valence electrons. The molecule has 4 nitrogen and oxygen atoms in total. The van der Waals surface area contributed by atoms with Crippen LogP contribution in [0.4, 0.5) is 5.69 Å². The minimum Gasteiger partial charge on any atom is -0.480 e. The maximum absolute atomic E-state index is 10.9. The van der Waals surface area contributed by atoms with Crippen LogP contribution in [0.1, 0.15) is 0 Å². The van der Waals surface area contributed by atoms with Crippen molar-refractivity contribution in [3.05, 3.63) is 28.7 Å². The SMILES string of the molecule is CNC(CN(C)c1ccccc1Br)C(=O)O. The smallest absolute Gasteiger partial charge is 0.322 e. The molecule has 2 N–H and O–H groups in total. The Morgan fingerprint density at radius 1 is 1.56 bits per heavy atom. The number of rotatable bonds is 5. The fourth-order valence-electron chi connectivity index (χ4n) is 1.43. The number of hydrogen-bond acceptors (Lipinski definition) is 3. The third-order valence-corrected chi connectivity index (χ3v) is 3.04. The number of hydrogen-bond donors (Lipinski definition) is 2. The fraction of sp³-hybridized carbons (Fsp3) is 0.364. The van der Waals surface area contributed by atoms with Gasteiger partial charge in [0.2, 0.25) is 0 Å². The fourth-order valence-corrected chi connectivity index (χ4v) is 2.01. The quantitative estimate of drug-likeness (QED) is 0.863. The number of halogens is 1. The average molecular weight is 287 g/mol. The largest absolute Gasteiger partial charge is 0.480 e. The van der Waals surface area contributed by atoms with Crippen molar-refractivity contribution in [2.75, 3.05) is 25.5 Å². The highest BCUT2D eigenvalue weighted by atomic mass is 79.9. The average Bonchev–Trinajstić information content (AvgIpc) is 2.25. The Kier molecular flexibility index (Phi) is 4.76. The van der Waals surface area contributed by atoms with Crippen molar-refractivity contribution in [2.45, 2.75) is 6.04 Å². The summed E-state index contributed by atoms with van der Waals surface area (Å²) in [6.07, 6.45) is 0. The van der Waals surface area contributed by atoms with E-state index in [1.54, 1.807) is 7.05 Å². The standard InChI is InChI=1S/C11H15BrN2O2/c1-13-9(11(15)16)7-14(2)10-6-4-3-5-8(10)12/h3-6,9,13H,7H2,1-2H3,(H,15,16). The molecule has 0 aliphatic rings. The minimum absolute atomic E-state index is 0.411. The van der Waals surface area contributed by atoms with Gasteiger partial charge in [0, 0.05) is 18.1 Å². The lowest BCUT2D eigenvalue weighted by Gasteiger charge is -2.24. The van der Waals surface area contributed by atoms with Crippen LogP contribution < -0.4 is 10.2 Å². The number of para-hydroxylation sites is 1. The lowest BCUT2D eigenvalue weighted by atomic mass is 10.2. The van der Waals surface area contributed by atoms with Crippen LogP contribution in [-0.4, -0.2) is 37.8 Å². The van der Waals surface area contributed by atoms with Gasteiger partial charge in [-0.3, -0.25) is 4.79 Å². The minimum atomic E-state index is -0.846. The van der Waals surface area contributed by atoms with Gasteiger partial charge in [0.15, 0.2) is 0 Å². The summed E-state index contributed by atoms with van der Waals surface area (Å²) in [7, 11) is 3.51. The zero-order valence-electron chi connectivity index (χ0n) is 9.27. The zero-order chi connectivity index (χ0) is 12.1. The van der Waals surface area contributed by atoms with Crippen molar-refractivity contribution in [1.29, 1.82) is 0 Å². The molecule has 0 saturated heterocycles. The Balaban J connectivity index is 2.75. The number of aliphatic carboxylic acids is 1. The molecular formula is C11H15BrN2O2. The Hall–Kier alpha value is -1.07. The molecule has 1 aromatic rings. The zero-order valence-corrected chi connectivity index (χ0v) is 10.9. The predicted octanol–water partition coefficient (Wildman–Crippen LogP) is 1.56. The van der Waals surface area contributed by atoms with Gasteiger partial charge in [-0.05, 0) is 35.1 Å². The van der Waals surface area contributed by atoms with Crippen LogP contribution in [0.25, 0.3) is 0 Å². The van der Waals surface area contributed by atoms with Crippen molar-refractivity contribution >= 4 is 27.6 Å². The van der Waals surface area contributed by atoms with Crippen LogP contribution >= 0.6 is 15.9 Å².